The van der Waals surface area contributed by atoms with Gasteiger partial charge in [0.05, 0.1) is 17.1 Å². The summed E-state index contributed by atoms with van der Waals surface area (Å²) < 4.78 is 33.4. The summed E-state index contributed by atoms with van der Waals surface area (Å²) in [6.45, 7) is 9.08. The van der Waals surface area contributed by atoms with Crippen LogP contribution in [0, 0.1) is 26.7 Å². The van der Waals surface area contributed by atoms with E-state index in [4.69, 9.17) is 4.52 Å². The first-order valence-corrected chi connectivity index (χ1v) is 9.59. The number of nitrogens with one attached hydrogen (secondary N) is 2. The Morgan fingerprint density at radius 1 is 1.20 bits per heavy atom. The van der Waals surface area contributed by atoms with Crippen LogP contribution < -0.4 is 4.72 Å². The standard InChI is InChI=1S/C17H22N4O3S/c1-9(2)15(17-18-13-7-6-10(3)8-14(13)19-17)21-25(22,23)16-11(4)20-24-12(16)5/h6-9,15,21H,1-5H3,(H,18,19)/t15-/m1/s1. The molecule has 0 saturated heterocycles. The third-order valence-electron chi connectivity index (χ3n) is 4.14. The number of hydrogen-bond acceptors (Lipinski definition) is 5. The maximum absolute atomic E-state index is 12.8. The molecule has 134 valence electrons. The van der Waals surface area contributed by atoms with Crippen LogP contribution in [0.3, 0.4) is 0 Å². The lowest BCUT2D eigenvalue weighted by atomic mass is 10.1. The first kappa shape index (κ1) is 17.6. The summed E-state index contributed by atoms with van der Waals surface area (Å²) >= 11 is 0. The number of rotatable bonds is 5. The number of aromatic nitrogens is 3. The number of imidazole rings is 1. The molecule has 1 aromatic carbocycles. The Hall–Kier alpha value is -2.19. The van der Waals surface area contributed by atoms with Crippen molar-refractivity contribution < 1.29 is 12.9 Å². The van der Waals surface area contributed by atoms with E-state index in [9.17, 15) is 8.42 Å². The molecule has 25 heavy (non-hydrogen) atoms. The van der Waals surface area contributed by atoms with Gasteiger partial charge in [0.15, 0.2) is 5.76 Å². The van der Waals surface area contributed by atoms with Gasteiger partial charge in [0.1, 0.15) is 16.4 Å². The van der Waals surface area contributed by atoms with Gasteiger partial charge in [-0.05, 0) is 44.4 Å². The first-order chi connectivity index (χ1) is 11.7. The molecule has 0 saturated carbocycles. The molecule has 8 heteroatoms. The van der Waals surface area contributed by atoms with Crippen LogP contribution in [0.5, 0.6) is 0 Å². The van der Waals surface area contributed by atoms with Gasteiger partial charge in [-0.1, -0.05) is 25.1 Å². The van der Waals surface area contributed by atoms with Gasteiger partial charge in [0, 0.05) is 0 Å². The zero-order valence-corrected chi connectivity index (χ0v) is 15.7. The summed E-state index contributed by atoms with van der Waals surface area (Å²) in [5.41, 5.74) is 3.15. The van der Waals surface area contributed by atoms with Crippen LogP contribution >= 0.6 is 0 Å². The number of aromatic amines is 1. The van der Waals surface area contributed by atoms with Crippen LogP contribution in [0.25, 0.3) is 11.0 Å². The summed E-state index contributed by atoms with van der Waals surface area (Å²) in [5, 5.41) is 3.73. The van der Waals surface area contributed by atoms with Crippen LogP contribution in [0.2, 0.25) is 0 Å². The van der Waals surface area contributed by atoms with Gasteiger partial charge in [0.25, 0.3) is 0 Å². The van der Waals surface area contributed by atoms with Gasteiger partial charge in [0.2, 0.25) is 10.0 Å². The molecule has 0 amide bonds. The third-order valence-corrected chi connectivity index (χ3v) is 5.82. The molecule has 3 rings (SSSR count). The Morgan fingerprint density at radius 3 is 2.52 bits per heavy atom. The zero-order chi connectivity index (χ0) is 18.4. The van der Waals surface area contributed by atoms with Crippen molar-refractivity contribution in [3.05, 3.63) is 41.0 Å². The van der Waals surface area contributed by atoms with E-state index in [-0.39, 0.29) is 16.6 Å². The molecule has 0 spiro atoms. The number of H-pyrrole nitrogens is 1. The number of benzene rings is 1. The van der Waals surface area contributed by atoms with Crippen molar-refractivity contribution in [2.75, 3.05) is 0 Å². The molecule has 0 radical (unpaired) electrons. The average Bonchev–Trinajstić information content (AvgIpc) is 3.07. The summed E-state index contributed by atoms with van der Waals surface area (Å²) in [5.74, 6) is 0.857. The fraction of sp³-hybridized carbons (Fsp3) is 0.412. The predicted molar refractivity (Wildman–Crippen MR) is 94.7 cm³/mol. The van der Waals surface area contributed by atoms with E-state index in [0.717, 1.165) is 16.6 Å². The molecule has 2 aromatic heterocycles. The van der Waals surface area contributed by atoms with Gasteiger partial charge in [-0.25, -0.2) is 18.1 Å². The van der Waals surface area contributed by atoms with Gasteiger partial charge in [-0.15, -0.1) is 0 Å². The monoisotopic (exact) mass is 362 g/mol. The van der Waals surface area contributed by atoms with E-state index >= 15 is 0 Å². The van der Waals surface area contributed by atoms with Gasteiger partial charge < -0.3 is 9.51 Å². The molecule has 0 aliphatic carbocycles. The number of nitrogens with zero attached hydrogens (tertiary/aromatic N) is 2. The second-order valence-corrected chi connectivity index (χ2v) is 8.29. The van der Waals surface area contributed by atoms with Crippen molar-refractivity contribution in [3.8, 4) is 0 Å². The molecule has 2 N–H and O–H groups in total. The molecule has 3 aromatic rings. The molecule has 2 heterocycles. The normalized spacial score (nSPS) is 13.7. The van der Waals surface area contributed by atoms with Crippen LogP contribution in [0.1, 0.15) is 42.7 Å². The van der Waals surface area contributed by atoms with Crippen molar-refractivity contribution in [2.45, 2.75) is 45.6 Å². The quantitative estimate of drug-likeness (QED) is 0.726. The second-order valence-electron chi connectivity index (χ2n) is 6.64. The number of aryl methyl sites for hydroxylation is 3. The maximum atomic E-state index is 12.8. The Balaban J connectivity index is 2.01. The topological polar surface area (TPSA) is 101 Å². The number of fused-ring (bicyclic) bond motifs is 1. The molecule has 0 aliphatic rings. The minimum Gasteiger partial charge on any atom is -0.360 e. The Kier molecular flexibility index (Phi) is 4.42. The van der Waals surface area contributed by atoms with E-state index in [1.165, 1.54) is 0 Å². The summed E-state index contributed by atoms with van der Waals surface area (Å²) in [4.78, 5) is 7.89. The zero-order valence-electron chi connectivity index (χ0n) is 14.9. The summed E-state index contributed by atoms with van der Waals surface area (Å²) in [7, 11) is -3.78. The van der Waals surface area contributed by atoms with Gasteiger partial charge in [-0.2, -0.15) is 0 Å². The van der Waals surface area contributed by atoms with Crippen LogP contribution in [-0.4, -0.2) is 23.5 Å². The Labute approximate surface area is 146 Å². The molecule has 0 aliphatic heterocycles. The van der Waals surface area contributed by atoms with Crippen molar-refractivity contribution in [1.82, 2.24) is 19.8 Å². The highest BCUT2D eigenvalue weighted by molar-refractivity contribution is 7.89. The Morgan fingerprint density at radius 2 is 1.92 bits per heavy atom. The minimum atomic E-state index is -3.78. The lowest BCUT2D eigenvalue weighted by molar-refractivity contribution is 0.390. The largest absolute Gasteiger partial charge is 0.360 e. The Bertz CT molecular complexity index is 998. The van der Waals surface area contributed by atoms with Crippen LogP contribution in [0.4, 0.5) is 0 Å². The van der Waals surface area contributed by atoms with Crippen molar-refractivity contribution in [3.63, 3.8) is 0 Å². The summed E-state index contributed by atoms with van der Waals surface area (Å²) in [6.07, 6.45) is 0. The predicted octanol–water partition coefficient (Wildman–Crippen LogP) is 3.15. The van der Waals surface area contributed by atoms with Gasteiger partial charge >= 0.3 is 0 Å². The number of sulfonamides is 1. The fourth-order valence-corrected chi connectivity index (χ4v) is 4.56. The van der Waals surface area contributed by atoms with Crippen molar-refractivity contribution >= 4 is 21.1 Å². The van der Waals surface area contributed by atoms with Gasteiger partial charge in [-0.3, -0.25) is 0 Å². The second kappa shape index (κ2) is 6.27. The molecular weight excluding hydrogens is 340 g/mol. The van der Waals surface area contributed by atoms with E-state index in [1.54, 1.807) is 13.8 Å². The SMILES string of the molecule is Cc1ccc2nc([C@H](NS(=O)(=O)c3c(C)noc3C)C(C)C)[nH]c2c1. The highest BCUT2D eigenvalue weighted by atomic mass is 32.2. The van der Waals surface area contributed by atoms with E-state index in [0.29, 0.717) is 11.5 Å². The van der Waals surface area contributed by atoms with Crippen LogP contribution in [0.15, 0.2) is 27.6 Å². The van der Waals surface area contributed by atoms with E-state index in [1.807, 2.05) is 39.0 Å². The third kappa shape index (κ3) is 3.32. The number of hydrogen-bond donors (Lipinski definition) is 2. The lowest BCUT2D eigenvalue weighted by Crippen LogP contribution is -2.33. The van der Waals surface area contributed by atoms with Crippen molar-refractivity contribution in [1.29, 1.82) is 0 Å². The fourth-order valence-electron chi connectivity index (χ4n) is 2.88. The summed E-state index contributed by atoms with van der Waals surface area (Å²) in [6, 6.07) is 5.40. The molecule has 0 bridgehead atoms. The lowest BCUT2D eigenvalue weighted by Gasteiger charge is -2.20. The maximum Gasteiger partial charge on any atom is 0.246 e. The minimum absolute atomic E-state index is 0.00286. The van der Waals surface area contributed by atoms with Crippen LogP contribution in [-0.2, 0) is 10.0 Å². The van der Waals surface area contributed by atoms with E-state index in [2.05, 4.69) is 19.8 Å². The molecule has 0 unspecified atom stereocenters. The first-order valence-electron chi connectivity index (χ1n) is 8.10. The molecule has 0 fully saturated rings. The van der Waals surface area contributed by atoms with Crippen molar-refractivity contribution in [2.24, 2.45) is 5.92 Å². The highest BCUT2D eigenvalue weighted by Gasteiger charge is 2.30. The molecular formula is C17H22N4O3S. The van der Waals surface area contributed by atoms with E-state index < -0.39 is 16.1 Å². The average molecular weight is 362 g/mol. The molecule has 1 atom stereocenters. The highest BCUT2D eigenvalue weighted by Crippen LogP contribution is 2.27. The molecule has 7 nitrogen and oxygen atoms in total. The smallest absolute Gasteiger partial charge is 0.246 e.